The van der Waals surface area contributed by atoms with Crippen LogP contribution >= 0.6 is 0 Å². The molecule has 7 heteroatoms. The lowest BCUT2D eigenvalue weighted by Gasteiger charge is -2.19. The highest BCUT2D eigenvalue weighted by atomic mass is 16.6. The normalized spacial score (nSPS) is 11.3. The van der Waals surface area contributed by atoms with Crippen LogP contribution < -0.4 is 10.1 Å². The van der Waals surface area contributed by atoms with Crippen LogP contribution in [0.25, 0.3) is 16.6 Å². The number of benzene rings is 1. The van der Waals surface area contributed by atoms with Crippen molar-refractivity contribution in [2.24, 2.45) is 0 Å². The molecule has 0 radical (unpaired) electrons. The zero-order valence-electron chi connectivity index (χ0n) is 21.2. The average molecular weight is 475 g/mol. The molecule has 1 amide bonds. The van der Waals surface area contributed by atoms with Crippen LogP contribution in [0, 0.1) is 13.8 Å². The van der Waals surface area contributed by atoms with E-state index >= 15 is 0 Å². The number of hydrogen-bond donors (Lipinski definition) is 1. The van der Waals surface area contributed by atoms with Gasteiger partial charge in [-0.05, 0) is 57.5 Å². The van der Waals surface area contributed by atoms with Gasteiger partial charge < -0.3 is 19.7 Å². The van der Waals surface area contributed by atoms with Crippen LogP contribution in [0.2, 0.25) is 0 Å². The number of para-hydroxylation sites is 1. The summed E-state index contributed by atoms with van der Waals surface area (Å²) in [5, 5.41) is 4.22. The lowest BCUT2D eigenvalue weighted by atomic mass is 10.0. The maximum absolute atomic E-state index is 12.3. The van der Waals surface area contributed by atoms with E-state index < -0.39 is 0 Å². The van der Waals surface area contributed by atoms with Gasteiger partial charge in [0.1, 0.15) is 24.5 Å². The molecule has 2 aromatic heterocycles. The Morgan fingerprint density at radius 1 is 1.17 bits per heavy atom. The van der Waals surface area contributed by atoms with Crippen molar-refractivity contribution in [3.63, 3.8) is 0 Å². The molecular weight excluding hydrogens is 440 g/mol. The number of fused-ring (bicyclic) bond motifs is 1. The van der Waals surface area contributed by atoms with E-state index in [1.807, 2.05) is 71.2 Å². The summed E-state index contributed by atoms with van der Waals surface area (Å²) >= 11 is 0. The zero-order chi connectivity index (χ0) is 25.4. The topological polar surface area (TPSA) is 76.6 Å². The van der Waals surface area contributed by atoms with E-state index in [2.05, 4.69) is 16.9 Å². The molecule has 2 heterocycles. The van der Waals surface area contributed by atoms with Gasteiger partial charge in [0, 0.05) is 54.2 Å². The van der Waals surface area contributed by atoms with Crippen molar-refractivity contribution in [3.05, 3.63) is 83.3 Å². The highest BCUT2D eigenvalue weighted by molar-refractivity contribution is 5.94. The molecule has 0 aliphatic heterocycles. The quantitative estimate of drug-likeness (QED) is 0.388. The zero-order valence-corrected chi connectivity index (χ0v) is 21.2. The van der Waals surface area contributed by atoms with Crippen molar-refractivity contribution in [1.29, 1.82) is 0 Å². The number of rotatable bonds is 10. The first-order chi connectivity index (χ1) is 16.9. The Bertz CT molecular complexity index is 1230. The number of aromatic nitrogens is 2. The van der Waals surface area contributed by atoms with Gasteiger partial charge in [-0.15, -0.1) is 0 Å². The molecule has 0 bridgehead atoms. The van der Waals surface area contributed by atoms with Crippen LogP contribution in [0.4, 0.5) is 4.79 Å². The number of amides is 1. The molecule has 7 nitrogen and oxygen atoms in total. The molecule has 0 atom stereocenters. The van der Waals surface area contributed by atoms with Gasteiger partial charge >= 0.3 is 6.09 Å². The van der Waals surface area contributed by atoms with Gasteiger partial charge in [0.05, 0.1) is 5.69 Å². The van der Waals surface area contributed by atoms with Gasteiger partial charge in [-0.2, -0.15) is 0 Å². The van der Waals surface area contributed by atoms with Crippen LogP contribution in [0.5, 0.6) is 5.75 Å². The van der Waals surface area contributed by atoms with Crippen LogP contribution in [-0.2, 0) is 18.0 Å². The van der Waals surface area contributed by atoms with Crippen molar-refractivity contribution in [2.45, 2.75) is 40.9 Å². The second-order valence-electron chi connectivity index (χ2n) is 8.10. The van der Waals surface area contributed by atoms with E-state index in [1.54, 1.807) is 17.2 Å². The van der Waals surface area contributed by atoms with Crippen molar-refractivity contribution >= 4 is 22.7 Å². The fourth-order valence-electron chi connectivity index (χ4n) is 3.93. The van der Waals surface area contributed by atoms with Crippen molar-refractivity contribution in [3.8, 4) is 5.75 Å². The van der Waals surface area contributed by atoms with Crippen LogP contribution in [-0.4, -0.2) is 41.1 Å². The lowest BCUT2D eigenvalue weighted by Crippen LogP contribution is -2.31. The summed E-state index contributed by atoms with van der Waals surface area (Å²) in [6.45, 7) is 13.2. The summed E-state index contributed by atoms with van der Waals surface area (Å²) in [7, 11) is 1.89. The maximum Gasteiger partial charge on any atom is 0.410 e. The molecule has 0 unspecified atom stereocenters. The molecule has 0 aliphatic carbocycles. The molecule has 0 spiro atoms. The molecule has 1 N–H and O–H groups in total. The SMILES string of the molecule is C=C/C=C(\NC)c1cc(C)nc2c(OCc3c(C)ccnc3COC(=O)N(CC)CC)cccc12. The van der Waals surface area contributed by atoms with Gasteiger partial charge in [0.25, 0.3) is 0 Å². The van der Waals surface area contributed by atoms with E-state index in [9.17, 15) is 4.79 Å². The average Bonchev–Trinajstić information content (AvgIpc) is 2.85. The number of pyridine rings is 2. The third-order valence-corrected chi connectivity index (χ3v) is 5.88. The van der Waals surface area contributed by atoms with Crippen molar-refractivity contribution in [2.75, 3.05) is 20.1 Å². The van der Waals surface area contributed by atoms with Gasteiger partial charge in [0.2, 0.25) is 0 Å². The maximum atomic E-state index is 12.3. The van der Waals surface area contributed by atoms with E-state index in [-0.39, 0.29) is 19.3 Å². The summed E-state index contributed by atoms with van der Waals surface area (Å²) < 4.78 is 11.8. The Morgan fingerprint density at radius 2 is 1.94 bits per heavy atom. The number of carbonyl (C=O) groups is 1. The van der Waals surface area contributed by atoms with Crippen LogP contribution in [0.15, 0.2) is 55.3 Å². The van der Waals surface area contributed by atoms with Gasteiger partial charge in [-0.1, -0.05) is 24.8 Å². The lowest BCUT2D eigenvalue weighted by molar-refractivity contribution is 0.0981. The third-order valence-electron chi connectivity index (χ3n) is 5.88. The smallest absolute Gasteiger partial charge is 0.410 e. The molecule has 184 valence electrons. The van der Waals surface area contributed by atoms with Crippen molar-refractivity contribution in [1.82, 2.24) is 20.2 Å². The number of allylic oxidation sites excluding steroid dienone is 2. The molecule has 0 aliphatic rings. The second-order valence-corrected chi connectivity index (χ2v) is 8.10. The van der Waals surface area contributed by atoms with Gasteiger partial charge in [-0.3, -0.25) is 4.98 Å². The number of nitrogens with zero attached hydrogens (tertiary/aromatic N) is 3. The minimum Gasteiger partial charge on any atom is -0.487 e. The predicted octanol–water partition coefficient (Wildman–Crippen LogP) is 5.55. The van der Waals surface area contributed by atoms with Crippen molar-refractivity contribution < 1.29 is 14.3 Å². The molecule has 35 heavy (non-hydrogen) atoms. The standard InChI is InChI=1S/C28H34N4O3/c1-7-11-24(29-6)22-16-20(5)31-27-21(22)12-10-13-26(27)34-17-23-19(4)14-15-30-25(23)18-35-28(33)32(8-2)9-3/h7,10-16,29H,1,8-9,17-18H2,2-6H3/b24-11-. The molecular formula is C28H34N4O3. The largest absolute Gasteiger partial charge is 0.487 e. The van der Waals surface area contributed by atoms with E-state index in [0.29, 0.717) is 24.5 Å². The van der Waals surface area contributed by atoms with Crippen LogP contribution in [0.3, 0.4) is 0 Å². The molecule has 0 saturated heterocycles. The first-order valence-corrected chi connectivity index (χ1v) is 11.8. The molecule has 0 saturated carbocycles. The fraction of sp³-hybridized carbons (Fsp3) is 0.321. The molecule has 3 rings (SSSR count). The Balaban J connectivity index is 1.90. The molecule has 3 aromatic rings. The second kappa shape index (κ2) is 12.0. The van der Waals surface area contributed by atoms with E-state index in [0.717, 1.165) is 39.0 Å². The Morgan fingerprint density at radius 3 is 2.63 bits per heavy atom. The fourth-order valence-corrected chi connectivity index (χ4v) is 3.93. The minimum atomic E-state index is -0.348. The summed E-state index contributed by atoms with van der Waals surface area (Å²) in [5.74, 6) is 0.677. The number of carbonyl (C=O) groups excluding carboxylic acids is 1. The van der Waals surface area contributed by atoms with Crippen LogP contribution in [0.1, 0.15) is 41.9 Å². The number of ether oxygens (including phenoxy) is 2. The number of nitrogens with one attached hydrogen (secondary N) is 1. The predicted molar refractivity (Wildman–Crippen MR) is 140 cm³/mol. The summed E-state index contributed by atoms with van der Waals surface area (Å²) in [6.07, 6.45) is 5.07. The first-order valence-electron chi connectivity index (χ1n) is 11.8. The highest BCUT2D eigenvalue weighted by Gasteiger charge is 2.16. The Kier molecular flexibility index (Phi) is 8.84. The van der Waals surface area contributed by atoms with E-state index in [1.165, 1.54) is 0 Å². The summed E-state index contributed by atoms with van der Waals surface area (Å²) in [5.41, 5.74) is 6.24. The number of hydrogen-bond acceptors (Lipinski definition) is 6. The number of aryl methyl sites for hydroxylation is 2. The minimum absolute atomic E-state index is 0.0879. The molecule has 1 aromatic carbocycles. The third kappa shape index (κ3) is 5.98. The summed E-state index contributed by atoms with van der Waals surface area (Å²) in [4.78, 5) is 23.2. The Hall–Kier alpha value is -3.87. The first kappa shape index (κ1) is 25.7. The van der Waals surface area contributed by atoms with Gasteiger partial charge in [0.15, 0.2) is 0 Å². The Labute approximate surface area is 207 Å². The molecule has 0 fully saturated rings. The van der Waals surface area contributed by atoms with Gasteiger partial charge in [-0.25, -0.2) is 9.78 Å². The summed E-state index contributed by atoms with van der Waals surface area (Å²) in [6, 6.07) is 9.89. The van der Waals surface area contributed by atoms with E-state index in [4.69, 9.17) is 14.5 Å². The monoisotopic (exact) mass is 474 g/mol. The highest BCUT2D eigenvalue weighted by Crippen LogP contribution is 2.31.